The van der Waals surface area contributed by atoms with Crippen molar-refractivity contribution in [1.29, 1.82) is 0 Å². The third-order valence-electron chi connectivity index (χ3n) is 3.90. The third kappa shape index (κ3) is 3.81. The number of nitrogens with zero attached hydrogens (tertiary/aromatic N) is 1. The molecule has 128 valence electrons. The molecule has 3 aromatic rings. The quantitative estimate of drug-likeness (QED) is 0.686. The van der Waals surface area contributed by atoms with Crippen molar-refractivity contribution >= 4 is 11.1 Å². The summed E-state index contributed by atoms with van der Waals surface area (Å²) in [6.07, 6.45) is 1.58. The first kappa shape index (κ1) is 17.4. The van der Waals surface area contributed by atoms with Crippen molar-refractivity contribution in [3.8, 4) is 22.4 Å². The highest BCUT2D eigenvalue weighted by Crippen LogP contribution is 2.32. The topological polar surface area (TPSA) is 50.2 Å². The standard InChI is InChI=1S/C19H15F2NO2S/c1-12-4-5-13(9-17(12)20)16-3-2-8-22-19(16)14-6-7-15(11-25(23)24)18(21)10-14/h2-10H,11H2,1H3,(H,23,24). The summed E-state index contributed by atoms with van der Waals surface area (Å²) in [6.45, 7) is 1.68. The molecule has 0 spiro atoms. The van der Waals surface area contributed by atoms with Crippen LogP contribution in [-0.4, -0.2) is 13.7 Å². The zero-order valence-electron chi connectivity index (χ0n) is 13.4. The molecule has 0 aliphatic rings. The van der Waals surface area contributed by atoms with Gasteiger partial charge < -0.3 is 4.55 Å². The second-order valence-corrected chi connectivity index (χ2v) is 6.57. The predicted octanol–water partition coefficient (Wildman–Crippen LogP) is 4.72. The Bertz CT molecular complexity index is 960. The van der Waals surface area contributed by atoms with E-state index >= 15 is 0 Å². The highest BCUT2D eigenvalue weighted by atomic mass is 32.2. The van der Waals surface area contributed by atoms with Crippen molar-refractivity contribution in [3.05, 3.63) is 77.5 Å². The van der Waals surface area contributed by atoms with Crippen molar-refractivity contribution in [1.82, 2.24) is 4.98 Å². The number of hydrogen-bond donors (Lipinski definition) is 1. The summed E-state index contributed by atoms with van der Waals surface area (Å²) in [5, 5.41) is 0. The first-order valence-electron chi connectivity index (χ1n) is 7.53. The number of pyridine rings is 1. The number of halogens is 2. The second-order valence-electron chi connectivity index (χ2n) is 5.64. The lowest BCUT2D eigenvalue weighted by Crippen LogP contribution is -1.98. The summed E-state index contributed by atoms with van der Waals surface area (Å²) in [7, 11) is 0. The Morgan fingerprint density at radius 1 is 1.04 bits per heavy atom. The molecule has 0 fully saturated rings. The van der Waals surface area contributed by atoms with E-state index in [0.29, 0.717) is 27.9 Å². The predicted molar refractivity (Wildman–Crippen MR) is 94.2 cm³/mol. The molecule has 0 bridgehead atoms. The summed E-state index contributed by atoms with van der Waals surface area (Å²) < 4.78 is 47.9. The van der Waals surface area contributed by atoms with Gasteiger partial charge in [0.25, 0.3) is 0 Å². The Balaban J connectivity index is 2.08. The van der Waals surface area contributed by atoms with E-state index in [1.165, 1.54) is 18.2 Å². The van der Waals surface area contributed by atoms with Gasteiger partial charge in [0.1, 0.15) is 11.6 Å². The van der Waals surface area contributed by atoms with Crippen molar-refractivity contribution in [2.24, 2.45) is 0 Å². The monoisotopic (exact) mass is 359 g/mol. The van der Waals surface area contributed by atoms with E-state index < -0.39 is 16.9 Å². The van der Waals surface area contributed by atoms with Crippen LogP contribution in [0.2, 0.25) is 0 Å². The van der Waals surface area contributed by atoms with Crippen LogP contribution < -0.4 is 0 Å². The Hall–Kier alpha value is -2.44. The van der Waals surface area contributed by atoms with Crippen molar-refractivity contribution < 1.29 is 17.5 Å². The molecule has 1 N–H and O–H groups in total. The van der Waals surface area contributed by atoms with Gasteiger partial charge in [-0.15, -0.1) is 0 Å². The lowest BCUT2D eigenvalue weighted by Gasteiger charge is -2.11. The van der Waals surface area contributed by atoms with Crippen LogP contribution in [0.25, 0.3) is 22.4 Å². The molecular weight excluding hydrogens is 344 g/mol. The minimum Gasteiger partial charge on any atom is -0.306 e. The van der Waals surface area contributed by atoms with Crippen LogP contribution in [0.3, 0.4) is 0 Å². The van der Waals surface area contributed by atoms with Gasteiger partial charge in [0, 0.05) is 22.9 Å². The molecule has 0 amide bonds. The summed E-state index contributed by atoms with van der Waals surface area (Å²) >= 11 is -2.11. The Kier molecular flexibility index (Phi) is 5.01. The minimum absolute atomic E-state index is 0.156. The SMILES string of the molecule is Cc1ccc(-c2cccnc2-c2ccc(CS(=O)O)c(F)c2)cc1F. The molecule has 3 nitrogen and oxygen atoms in total. The van der Waals surface area contributed by atoms with E-state index in [4.69, 9.17) is 4.55 Å². The fraction of sp³-hybridized carbons (Fsp3) is 0.105. The van der Waals surface area contributed by atoms with Gasteiger partial charge in [0.05, 0.1) is 11.4 Å². The normalized spacial score (nSPS) is 12.2. The molecule has 3 rings (SSSR count). The van der Waals surface area contributed by atoms with Crippen LogP contribution in [0, 0.1) is 18.6 Å². The van der Waals surface area contributed by atoms with E-state index in [1.54, 1.807) is 43.5 Å². The van der Waals surface area contributed by atoms with E-state index in [0.717, 1.165) is 0 Å². The average Bonchev–Trinajstić information content (AvgIpc) is 2.59. The number of benzene rings is 2. The van der Waals surface area contributed by atoms with Crippen LogP contribution in [0.5, 0.6) is 0 Å². The number of rotatable bonds is 4. The van der Waals surface area contributed by atoms with Gasteiger partial charge in [0.2, 0.25) is 0 Å². The fourth-order valence-corrected chi connectivity index (χ4v) is 3.07. The Morgan fingerprint density at radius 3 is 2.44 bits per heavy atom. The molecule has 25 heavy (non-hydrogen) atoms. The van der Waals surface area contributed by atoms with Gasteiger partial charge in [-0.05, 0) is 36.2 Å². The molecule has 1 unspecified atom stereocenters. The summed E-state index contributed by atoms with van der Waals surface area (Å²) in [4.78, 5) is 4.31. The van der Waals surface area contributed by atoms with Crippen LogP contribution in [0.15, 0.2) is 54.7 Å². The smallest absolute Gasteiger partial charge is 0.157 e. The molecule has 0 aliphatic carbocycles. The fourth-order valence-electron chi connectivity index (χ4n) is 2.57. The highest BCUT2D eigenvalue weighted by Gasteiger charge is 2.13. The van der Waals surface area contributed by atoms with E-state index in [-0.39, 0.29) is 17.1 Å². The van der Waals surface area contributed by atoms with Gasteiger partial charge in [-0.3, -0.25) is 4.98 Å². The molecule has 0 saturated heterocycles. The van der Waals surface area contributed by atoms with Crippen LogP contribution in [-0.2, 0) is 16.8 Å². The lowest BCUT2D eigenvalue weighted by molar-refractivity contribution is 0.559. The molecule has 1 aromatic heterocycles. The largest absolute Gasteiger partial charge is 0.306 e. The summed E-state index contributed by atoms with van der Waals surface area (Å²) in [5.74, 6) is -1.17. The molecule has 0 saturated carbocycles. The molecule has 2 aromatic carbocycles. The zero-order valence-corrected chi connectivity index (χ0v) is 14.2. The lowest BCUT2D eigenvalue weighted by atomic mass is 9.98. The van der Waals surface area contributed by atoms with Gasteiger partial charge in [-0.1, -0.05) is 30.3 Å². The average molecular weight is 359 g/mol. The Morgan fingerprint density at radius 2 is 1.76 bits per heavy atom. The first-order chi connectivity index (χ1) is 12.0. The highest BCUT2D eigenvalue weighted by molar-refractivity contribution is 7.78. The first-order valence-corrected chi connectivity index (χ1v) is 8.81. The maximum Gasteiger partial charge on any atom is 0.157 e. The van der Waals surface area contributed by atoms with Crippen LogP contribution in [0.1, 0.15) is 11.1 Å². The minimum atomic E-state index is -2.11. The molecule has 1 atom stereocenters. The van der Waals surface area contributed by atoms with E-state index in [1.807, 2.05) is 0 Å². The summed E-state index contributed by atoms with van der Waals surface area (Å²) in [6, 6.07) is 12.8. The van der Waals surface area contributed by atoms with Gasteiger partial charge in [-0.2, -0.15) is 0 Å². The number of hydrogen-bond acceptors (Lipinski definition) is 2. The number of aryl methyl sites for hydroxylation is 1. The second kappa shape index (κ2) is 7.21. The van der Waals surface area contributed by atoms with E-state index in [9.17, 15) is 13.0 Å². The maximum atomic E-state index is 14.2. The molecular formula is C19H15F2NO2S. The van der Waals surface area contributed by atoms with Crippen LogP contribution in [0.4, 0.5) is 8.78 Å². The van der Waals surface area contributed by atoms with Crippen molar-refractivity contribution in [2.75, 3.05) is 0 Å². The Labute approximate surface area is 146 Å². The molecule has 0 radical (unpaired) electrons. The third-order valence-corrected chi connectivity index (χ3v) is 4.45. The van der Waals surface area contributed by atoms with E-state index in [2.05, 4.69) is 4.98 Å². The van der Waals surface area contributed by atoms with Crippen molar-refractivity contribution in [3.63, 3.8) is 0 Å². The molecule has 6 heteroatoms. The number of aromatic nitrogens is 1. The van der Waals surface area contributed by atoms with Crippen LogP contribution >= 0.6 is 0 Å². The zero-order chi connectivity index (χ0) is 18.0. The van der Waals surface area contributed by atoms with Gasteiger partial charge in [-0.25, -0.2) is 13.0 Å². The molecule has 1 heterocycles. The van der Waals surface area contributed by atoms with Gasteiger partial charge in [0.15, 0.2) is 11.1 Å². The van der Waals surface area contributed by atoms with Gasteiger partial charge >= 0.3 is 0 Å². The summed E-state index contributed by atoms with van der Waals surface area (Å²) in [5.41, 5.74) is 3.05. The molecule has 0 aliphatic heterocycles. The van der Waals surface area contributed by atoms with Crippen molar-refractivity contribution in [2.45, 2.75) is 12.7 Å². The maximum absolute atomic E-state index is 14.2.